The highest BCUT2D eigenvalue weighted by atomic mass is 16.4. The Morgan fingerprint density at radius 2 is 1.89 bits per heavy atom. The van der Waals surface area contributed by atoms with Crippen LogP contribution in [0.25, 0.3) is 0 Å². The largest absolute Gasteiger partial charge is 0.481 e. The van der Waals surface area contributed by atoms with Crippen LogP contribution in [-0.4, -0.2) is 24.7 Å². The highest BCUT2D eigenvalue weighted by molar-refractivity contribution is 5.71. The molecule has 3 heteroatoms. The van der Waals surface area contributed by atoms with Crippen LogP contribution >= 0.6 is 0 Å². The predicted molar refractivity (Wildman–Crippen MR) is 75.3 cm³/mol. The van der Waals surface area contributed by atoms with E-state index in [9.17, 15) is 4.79 Å². The van der Waals surface area contributed by atoms with Gasteiger partial charge in [-0.2, -0.15) is 0 Å². The van der Waals surface area contributed by atoms with E-state index in [0.29, 0.717) is 13.0 Å². The molecule has 0 fully saturated rings. The molecule has 1 rings (SSSR count). The molecule has 0 heterocycles. The topological polar surface area (TPSA) is 40.5 Å². The number of rotatable bonds is 5. The van der Waals surface area contributed by atoms with Gasteiger partial charge in [0.25, 0.3) is 0 Å². The van der Waals surface area contributed by atoms with Gasteiger partial charge < -0.3 is 10.0 Å². The first kappa shape index (κ1) is 14.6. The minimum absolute atomic E-state index is 0.309. The van der Waals surface area contributed by atoms with E-state index >= 15 is 0 Å². The molecule has 0 saturated carbocycles. The highest BCUT2D eigenvalue weighted by Crippen LogP contribution is 2.25. The summed E-state index contributed by atoms with van der Waals surface area (Å²) in [4.78, 5) is 13.1. The second-order valence-electron chi connectivity index (χ2n) is 4.98. The lowest BCUT2D eigenvalue weighted by atomic mass is 10.0. The third kappa shape index (κ3) is 3.03. The summed E-state index contributed by atoms with van der Waals surface area (Å²) in [5.74, 6) is -1.03. The summed E-state index contributed by atoms with van der Waals surface area (Å²) >= 11 is 0. The van der Waals surface area contributed by atoms with Crippen molar-refractivity contribution in [1.29, 1.82) is 0 Å². The average molecular weight is 249 g/mol. The third-order valence-corrected chi connectivity index (χ3v) is 3.78. The molecule has 1 atom stereocenters. The first-order chi connectivity index (χ1) is 8.38. The van der Waals surface area contributed by atoms with Crippen molar-refractivity contribution in [2.45, 2.75) is 34.1 Å². The molecular formula is C15H23NO2. The monoisotopic (exact) mass is 249 g/mol. The number of carboxylic acid groups (broad SMARTS) is 1. The van der Waals surface area contributed by atoms with Crippen molar-refractivity contribution in [2.24, 2.45) is 5.92 Å². The maximum Gasteiger partial charge on any atom is 0.308 e. The average Bonchev–Trinajstić information content (AvgIpc) is 2.32. The zero-order valence-electron chi connectivity index (χ0n) is 11.9. The van der Waals surface area contributed by atoms with Gasteiger partial charge in [0.05, 0.1) is 5.92 Å². The number of hydrogen-bond donors (Lipinski definition) is 1. The molecule has 0 radical (unpaired) electrons. The second-order valence-corrected chi connectivity index (χ2v) is 4.98. The Labute approximate surface area is 109 Å². The molecule has 0 aromatic heterocycles. The Bertz CT molecular complexity index is 440. The van der Waals surface area contributed by atoms with E-state index < -0.39 is 5.97 Å². The Kier molecular flexibility index (Phi) is 4.76. The molecule has 1 N–H and O–H groups in total. The number of benzene rings is 1. The van der Waals surface area contributed by atoms with E-state index in [1.807, 2.05) is 18.9 Å². The van der Waals surface area contributed by atoms with Gasteiger partial charge in [-0.05, 0) is 49.9 Å². The number of carbonyl (C=O) groups is 1. The van der Waals surface area contributed by atoms with Crippen LogP contribution in [0.2, 0.25) is 0 Å². The predicted octanol–water partition coefficient (Wildman–Crippen LogP) is 3.16. The molecule has 1 aromatic carbocycles. The van der Waals surface area contributed by atoms with E-state index in [1.54, 1.807) is 0 Å². The van der Waals surface area contributed by atoms with E-state index in [0.717, 1.165) is 5.69 Å². The van der Waals surface area contributed by atoms with Crippen LogP contribution in [0.15, 0.2) is 12.1 Å². The molecule has 1 aromatic rings. The van der Waals surface area contributed by atoms with E-state index in [4.69, 9.17) is 5.11 Å². The third-order valence-electron chi connectivity index (χ3n) is 3.78. The van der Waals surface area contributed by atoms with Crippen LogP contribution in [0.1, 0.15) is 30.0 Å². The summed E-state index contributed by atoms with van der Waals surface area (Å²) in [6.07, 6.45) is 0.656. The van der Waals surface area contributed by atoms with E-state index in [2.05, 4.69) is 32.9 Å². The fourth-order valence-corrected chi connectivity index (χ4v) is 2.17. The van der Waals surface area contributed by atoms with Crippen LogP contribution in [0.3, 0.4) is 0 Å². The number of anilines is 1. The van der Waals surface area contributed by atoms with Crippen LogP contribution in [0.4, 0.5) is 5.69 Å². The highest BCUT2D eigenvalue weighted by Gasteiger charge is 2.18. The van der Waals surface area contributed by atoms with Crippen molar-refractivity contribution in [3.05, 3.63) is 28.8 Å². The molecule has 0 spiro atoms. The molecule has 0 aliphatic heterocycles. The Balaban J connectivity index is 2.94. The number of nitrogens with zero attached hydrogens (tertiary/aromatic N) is 1. The van der Waals surface area contributed by atoms with Gasteiger partial charge in [-0.15, -0.1) is 0 Å². The fraction of sp³-hybridized carbons (Fsp3) is 0.533. The minimum atomic E-state index is -0.717. The van der Waals surface area contributed by atoms with Crippen molar-refractivity contribution >= 4 is 11.7 Å². The Morgan fingerprint density at radius 1 is 1.28 bits per heavy atom. The summed E-state index contributed by atoms with van der Waals surface area (Å²) < 4.78 is 0. The number of aryl methyl sites for hydroxylation is 1. The maximum absolute atomic E-state index is 11.1. The van der Waals surface area contributed by atoms with Gasteiger partial charge in [0.2, 0.25) is 0 Å². The molecule has 1 unspecified atom stereocenters. The normalized spacial score (nSPS) is 12.3. The zero-order valence-corrected chi connectivity index (χ0v) is 11.9. The van der Waals surface area contributed by atoms with Gasteiger partial charge in [-0.3, -0.25) is 4.79 Å². The molecule has 0 saturated heterocycles. The van der Waals surface area contributed by atoms with Crippen molar-refractivity contribution in [2.75, 3.05) is 18.5 Å². The van der Waals surface area contributed by atoms with E-state index in [-0.39, 0.29) is 5.92 Å². The van der Waals surface area contributed by atoms with Crippen LogP contribution in [0.5, 0.6) is 0 Å². The summed E-state index contributed by atoms with van der Waals surface area (Å²) in [5, 5.41) is 9.11. The number of hydrogen-bond acceptors (Lipinski definition) is 2. The van der Waals surface area contributed by atoms with Gasteiger partial charge in [0.1, 0.15) is 0 Å². The maximum atomic E-state index is 11.1. The summed E-state index contributed by atoms with van der Waals surface area (Å²) in [5.41, 5.74) is 4.91. The molecule has 0 amide bonds. The molecular weight excluding hydrogens is 226 g/mol. The van der Waals surface area contributed by atoms with Crippen molar-refractivity contribution in [3.63, 3.8) is 0 Å². The summed E-state index contributed by atoms with van der Waals surface area (Å²) in [7, 11) is 1.96. The molecule has 18 heavy (non-hydrogen) atoms. The SMILES string of the molecule is CCC(CN(C)c1ccc(C)c(C)c1C)C(=O)O. The molecule has 100 valence electrons. The van der Waals surface area contributed by atoms with Crippen molar-refractivity contribution in [1.82, 2.24) is 0 Å². The van der Waals surface area contributed by atoms with Crippen LogP contribution in [-0.2, 0) is 4.79 Å². The standard InChI is InChI=1S/C15H23NO2/c1-6-13(15(17)18)9-16(5)14-8-7-10(2)11(3)12(14)4/h7-8,13H,6,9H2,1-5H3,(H,17,18). The lowest BCUT2D eigenvalue weighted by Crippen LogP contribution is -2.30. The fourth-order valence-electron chi connectivity index (χ4n) is 2.17. The van der Waals surface area contributed by atoms with Gasteiger partial charge in [-0.25, -0.2) is 0 Å². The smallest absolute Gasteiger partial charge is 0.308 e. The molecule has 0 aliphatic carbocycles. The minimum Gasteiger partial charge on any atom is -0.481 e. The second kappa shape index (κ2) is 5.89. The molecule has 3 nitrogen and oxygen atoms in total. The quantitative estimate of drug-likeness (QED) is 0.871. The Morgan fingerprint density at radius 3 is 2.39 bits per heavy atom. The van der Waals surface area contributed by atoms with Crippen molar-refractivity contribution < 1.29 is 9.90 Å². The molecule has 0 aliphatic rings. The lowest BCUT2D eigenvalue weighted by Gasteiger charge is -2.25. The molecule has 0 bridgehead atoms. The first-order valence-corrected chi connectivity index (χ1v) is 6.39. The summed E-state index contributed by atoms with van der Waals surface area (Å²) in [6.45, 7) is 8.76. The Hall–Kier alpha value is -1.51. The van der Waals surface area contributed by atoms with Gasteiger partial charge >= 0.3 is 5.97 Å². The van der Waals surface area contributed by atoms with Crippen LogP contribution in [0, 0.1) is 26.7 Å². The number of aliphatic carboxylic acids is 1. The van der Waals surface area contributed by atoms with Gasteiger partial charge in [-0.1, -0.05) is 13.0 Å². The van der Waals surface area contributed by atoms with Crippen LogP contribution < -0.4 is 4.90 Å². The summed E-state index contributed by atoms with van der Waals surface area (Å²) in [6, 6.07) is 4.17. The van der Waals surface area contributed by atoms with Gasteiger partial charge in [0, 0.05) is 19.3 Å². The van der Waals surface area contributed by atoms with E-state index in [1.165, 1.54) is 16.7 Å². The lowest BCUT2D eigenvalue weighted by molar-refractivity contribution is -0.141. The number of carboxylic acids is 1. The van der Waals surface area contributed by atoms with Gasteiger partial charge in [0.15, 0.2) is 0 Å². The van der Waals surface area contributed by atoms with Crippen molar-refractivity contribution in [3.8, 4) is 0 Å². The first-order valence-electron chi connectivity index (χ1n) is 6.39. The zero-order chi connectivity index (χ0) is 13.9.